The molecule has 3 heterocycles. The fraction of sp³-hybridized carbons (Fsp3) is 0.500. The molecule has 0 aliphatic carbocycles. The van der Waals surface area contributed by atoms with Crippen molar-refractivity contribution in [2.75, 3.05) is 19.7 Å². The van der Waals surface area contributed by atoms with Crippen LogP contribution in [0.3, 0.4) is 0 Å². The van der Waals surface area contributed by atoms with E-state index < -0.39 is 0 Å². The molecule has 3 N–H and O–H groups in total. The van der Waals surface area contributed by atoms with E-state index in [0.29, 0.717) is 6.61 Å². The van der Waals surface area contributed by atoms with E-state index in [1.165, 1.54) is 16.2 Å². The number of hydrogen-bond acceptors (Lipinski definition) is 6. The summed E-state index contributed by atoms with van der Waals surface area (Å²) >= 11 is 1.50. The first-order valence-corrected chi connectivity index (χ1v) is 10.7. The second-order valence-corrected chi connectivity index (χ2v) is 8.20. The standard InChI is InChI=1S/C20H26N4O3S/c1-3-16-21-20-24(22-16)19(26)18(28-20)17(23-11-9-14(25)10-12-23)13-5-7-15(8-6-13)27-4-2/h5-8,14,17,25-26H,3-4,9-12H2,1-2H3/p+1/t17-/m1/s1. The van der Waals surface area contributed by atoms with Crippen LogP contribution in [0.5, 0.6) is 11.6 Å². The molecule has 8 heteroatoms. The van der Waals surface area contributed by atoms with E-state index in [1.807, 2.05) is 26.0 Å². The van der Waals surface area contributed by atoms with E-state index in [-0.39, 0.29) is 18.0 Å². The first-order chi connectivity index (χ1) is 13.6. The van der Waals surface area contributed by atoms with Gasteiger partial charge in [0.15, 0.2) is 11.9 Å². The average molecular weight is 404 g/mol. The molecule has 0 unspecified atom stereocenters. The van der Waals surface area contributed by atoms with Crippen LogP contribution < -0.4 is 9.64 Å². The number of piperidine rings is 1. The molecule has 4 rings (SSSR count). The molecule has 0 spiro atoms. The number of ether oxygens (including phenoxy) is 1. The normalized spacial score (nSPS) is 21.1. The summed E-state index contributed by atoms with van der Waals surface area (Å²) in [5.41, 5.74) is 1.12. The van der Waals surface area contributed by atoms with Gasteiger partial charge in [0.2, 0.25) is 10.8 Å². The summed E-state index contributed by atoms with van der Waals surface area (Å²) in [6.07, 6.45) is 2.04. The molecule has 1 atom stereocenters. The van der Waals surface area contributed by atoms with Crippen molar-refractivity contribution in [2.24, 2.45) is 0 Å². The van der Waals surface area contributed by atoms with E-state index in [4.69, 9.17) is 4.74 Å². The summed E-state index contributed by atoms with van der Waals surface area (Å²) in [5.74, 6) is 1.75. The van der Waals surface area contributed by atoms with Crippen molar-refractivity contribution in [3.8, 4) is 11.6 Å². The van der Waals surface area contributed by atoms with E-state index in [0.717, 1.165) is 59.3 Å². The van der Waals surface area contributed by atoms with Crippen LogP contribution in [0.1, 0.15) is 49.0 Å². The van der Waals surface area contributed by atoms with Crippen LogP contribution >= 0.6 is 11.3 Å². The fourth-order valence-corrected chi connectivity index (χ4v) is 5.05. The molecule has 0 bridgehead atoms. The molecule has 150 valence electrons. The van der Waals surface area contributed by atoms with Gasteiger partial charge in [-0.05, 0) is 31.2 Å². The van der Waals surface area contributed by atoms with E-state index in [9.17, 15) is 10.2 Å². The maximum atomic E-state index is 10.9. The molecule has 0 amide bonds. The number of aliphatic hydroxyl groups is 1. The van der Waals surface area contributed by atoms with Crippen molar-refractivity contribution in [3.05, 3.63) is 40.5 Å². The molecular formula is C20H27N4O3S+. The van der Waals surface area contributed by atoms with E-state index >= 15 is 0 Å². The number of thiazole rings is 1. The predicted molar refractivity (Wildman–Crippen MR) is 107 cm³/mol. The first kappa shape index (κ1) is 19.2. The molecule has 1 aliphatic rings. The average Bonchev–Trinajstić information content (AvgIpc) is 3.24. The zero-order chi connectivity index (χ0) is 19.7. The first-order valence-electron chi connectivity index (χ1n) is 9.93. The second kappa shape index (κ2) is 8.06. The number of aromatic nitrogens is 3. The molecule has 2 aromatic heterocycles. The molecule has 3 aromatic rings. The van der Waals surface area contributed by atoms with Crippen molar-refractivity contribution in [3.63, 3.8) is 0 Å². The number of fused-ring (bicyclic) bond motifs is 1. The Bertz CT molecular complexity index is 929. The number of aryl methyl sites for hydroxylation is 1. The predicted octanol–water partition coefficient (Wildman–Crippen LogP) is 1.59. The summed E-state index contributed by atoms with van der Waals surface area (Å²) in [5, 5.41) is 25.3. The van der Waals surface area contributed by atoms with Gasteiger partial charge in [0.25, 0.3) is 0 Å². The molecule has 0 saturated carbocycles. The van der Waals surface area contributed by atoms with Crippen LogP contribution in [0.2, 0.25) is 0 Å². The largest absolute Gasteiger partial charge is 0.494 e. The Labute approximate surface area is 168 Å². The highest BCUT2D eigenvalue weighted by molar-refractivity contribution is 7.17. The third kappa shape index (κ3) is 3.59. The number of aromatic hydroxyl groups is 1. The van der Waals surface area contributed by atoms with Gasteiger partial charge < -0.3 is 19.8 Å². The number of quaternary nitrogens is 1. The molecule has 1 saturated heterocycles. The van der Waals surface area contributed by atoms with Gasteiger partial charge in [0, 0.05) is 24.8 Å². The van der Waals surface area contributed by atoms with Gasteiger partial charge in [-0.3, -0.25) is 0 Å². The minimum absolute atomic E-state index is 0.0262. The molecular weight excluding hydrogens is 376 g/mol. The number of aliphatic hydroxyl groups excluding tert-OH is 1. The Hall–Kier alpha value is -2.16. The summed E-state index contributed by atoms with van der Waals surface area (Å²) in [7, 11) is 0. The zero-order valence-electron chi connectivity index (χ0n) is 16.3. The Morgan fingerprint density at radius 2 is 1.96 bits per heavy atom. The van der Waals surface area contributed by atoms with Crippen molar-refractivity contribution < 1.29 is 19.8 Å². The van der Waals surface area contributed by atoms with Gasteiger partial charge in [-0.15, -0.1) is 5.10 Å². The highest BCUT2D eigenvalue weighted by atomic mass is 32.1. The maximum absolute atomic E-state index is 10.9. The molecule has 1 aliphatic heterocycles. The third-order valence-electron chi connectivity index (χ3n) is 5.35. The second-order valence-electron chi connectivity index (χ2n) is 7.19. The van der Waals surface area contributed by atoms with Crippen LogP contribution in [-0.4, -0.2) is 50.6 Å². The summed E-state index contributed by atoms with van der Waals surface area (Å²) in [4.78, 5) is 7.45. The highest BCUT2D eigenvalue weighted by Gasteiger charge is 2.35. The maximum Gasteiger partial charge on any atom is 0.235 e. The van der Waals surface area contributed by atoms with Crippen molar-refractivity contribution in [1.29, 1.82) is 0 Å². The van der Waals surface area contributed by atoms with Crippen LogP contribution in [-0.2, 0) is 6.42 Å². The topological polar surface area (TPSA) is 84.3 Å². The molecule has 28 heavy (non-hydrogen) atoms. The molecule has 1 aromatic carbocycles. The molecule has 1 fully saturated rings. The minimum Gasteiger partial charge on any atom is -0.494 e. The Kier molecular flexibility index (Phi) is 5.52. The van der Waals surface area contributed by atoms with Crippen LogP contribution in [0.4, 0.5) is 0 Å². The Balaban J connectivity index is 1.74. The Morgan fingerprint density at radius 3 is 2.57 bits per heavy atom. The summed E-state index contributed by atoms with van der Waals surface area (Å²) < 4.78 is 7.13. The number of hydrogen-bond donors (Lipinski definition) is 3. The summed E-state index contributed by atoms with van der Waals surface area (Å²) in [6, 6.07) is 8.07. The van der Waals surface area contributed by atoms with Crippen LogP contribution in [0, 0.1) is 0 Å². The minimum atomic E-state index is -0.229. The van der Waals surface area contributed by atoms with E-state index in [1.54, 1.807) is 4.52 Å². The summed E-state index contributed by atoms with van der Waals surface area (Å²) in [6.45, 7) is 6.31. The SMILES string of the molecule is CCOc1ccc([C@H](c2sc3nc(CC)nn3c2O)[NH+]2CCC(O)CC2)cc1. The van der Waals surface area contributed by atoms with Gasteiger partial charge >= 0.3 is 0 Å². The third-order valence-corrected chi connectivity index (χ3v) is 6.44. The van der Waals surface area contributed by atoms with Gasteiger partial charge in [0.05, 0.1) is 25.8 Å². The zero-order valence-corrected chi connectivity index (χ0v) is 17.1. The lowest BCUT2D eigenvalue weighted by atomic mass is 9.99. The fourth-order valence-electron chi connectivity index (χ4n) is 3.89. The lowest BCUT2D eigenvalue weighted by Gasteiger charge is -2.33. The van der Waals surface area contributed by atoms with Crippen molar-refractivity contribution in [1.82, 2.24) is 14.6 Å². The van der Waals surface area contributed by atoms with Gasteiger partial charge in [-0.2, -0.15) is 4.52 Å². The number of benzene rings is 1. The highest BCUT2D eigenvalue weighted by Crippen LogP contribution is 2.35. The van der Waals surface area contributed by atoms with Crippen molar-refractivity contribution in [2.45, 2.75) is 45.3 Å². The van der Waals surface area contributed by atoms with Crippen LogP contribution in [0.25, 0.3) is 4.96 Å². The van der Waals surface area contributed by atoms with Gasteiger partial charge in [-0.1, -0.05) is 18.3 Å². The number of rotatable bonds is 6. The quantitative estimate of drug-likeness (QED) is 0.582. The number of nitrogens with zero attached hydrogens (tertiary/aromatic N) is 3. The van der Waals surface area contributed by atoms with Gasteiger partial charge in [-0.25, -0.2) is 4.98 Å². The monoisotopic (exact) mass is 403 g/mol. The Morgan fingerprint density at radius 1 is 1.25 bits per heavy atom. The van der Waals surface area contributed by atoms with E-state index in [2.05, 4.69) is 22.2 Å². The number of likely N-dealkylation sites (tertiary alicyclic amines) is 1. The lowest BCUT2D eigenvalue weighted by molar-refractivity contribution is -0.931. The smallest absolute Gasteiger partial charge is 0.235 e. The lowest BCUT2D eigenvalue weighted by Crippen LogP contribution is -3.13. The molecule has 0 radical (unpaired) electrons. The van der Waals surface area contributed by atoms with Gasteiger partial charge in [0.1, 0.15) is 10.6 Å². The van der Waals surface area contributed by atoms with Crippen LogP contribution in [0.15, 0.2) is 24.3 Å². The number of nitrogens with one attached hydrogen (secondary N) is 1. The molecule has 7 nitrogen and oxygen atoms in total. The van der Waals surface area contributed by atoms with Crippen molar-refractivity contribution >= 4 is 16.3 Å².